The Balaban J connectivity index is 1.11. The van der Waals surface area contributed by atoms with Crippen molar-refractivity contribution in [3.05, 3.63) is 293 Å². The monoisotopic (exact) mass is 815 g/mol. The molecular weight excluding hydrogens is 775 g/mol. The highest BCUT2D eigenvalue weighted by Gasteiger charge is 2.49. The van der Waals surface area contributed by atoms with Crippen molar-refractivity contribution in [2.45, 2.75) is 10.8 Å². The maximum Gasteiger partial charge on any atom is 0.159 e. The number of fused-ring (bicyclic) bond motifs is 9. The molecule has 11 aromatic rings. The van der Waals surface area contributed by atoms with Gasteiger partial charge in [0.05, 0.1) is 22.2 Å². The second kappa shape index (κ2) is 14.2. The molecule has 0 saturated heterocycles. The predicted molar refractivity (Wildman–Crippen MR) is 263 cm³/mol. The van der Waals surface area contributed by atoms with Crippen molar-refractivity contribution in [3.8, 4) is 22.3 Å². The molecule has 0 N–H and O–H groups in total. The predicted octanol–water partition coefficient (Wildman–Crippen LogP) is 15.8. The van der Waals surface area contributed by atoms with E-state index < -0.39 is 10.8 Å². The molecule has 64 heavy (non-hydrogen) atoms. The fraction of sp³-hybridized carbons (Fsp3) is 0.0323. The molecule has 2 nitrogen and oxygen atoms in total. The summed E-state index contributed by atoms with van der Waals surface area (Å²) in [6.45, 7) is 0. The van der Waals surface area contributed by atoms with Crippen LogP contribution in [0.1, 0.15) is 44.5 Å². The molecule has 0 aliphatic heterocycles. The molecule has 0 amide bonds. The number of furan rings is 1. The van der Waals surface area contributed by atoms with Gasteiger partial charge in [0.15, 0.2) is 5.58 Å². The Labute approximate surface area is 373 Å². The summed E-state index contributed by atoms with van der Waals surface area (Å²) in [4.78, 5) is 2.46. The van der Waals surface area contributed by atoms with Crippen LogP contribution in [-0.4, -0.2) is 0 Å². The van der Waals surface area contributed by atoms with Gasteiger partial charge in [0.25, 0.3) is 0 Å². The first kappa shape index (κ1) is 36.5. The standard InChI is InChI=1S/C62H41NO/c1-4-20-42(21-5-1)61(53-32-14-10-26-47(53)48-27-11-15-33-54(48)61)45-38-40-46(41-39-45)63(57-36-19-31-52-50-29-13-17-37-58(50)64-60(52)57)56-35-18-30-51-49-28-12-16-34-55(49)62(59(51)56,43-22-6-2-7-23-43)44-24-8-3-9-25-44/h1-41H. The highest BCUT2D eigenvalue weighted by molar-refractivity contribution is 6.11. The summed E-state index contributed by atoms with van der Waals surface area (Å²) in [5.74, 6) is 0. The third-order valence-electron chi connectivity index (χ3n) is 14.0. The van der Waals surface area contributed by atoms with Crippen molar-refractivity contribution in [2.75, 3.05) is 4.90 Å². The van der Waals surface area contributed by atoms with Crippen LogP contribution < -0.4 is 4.90 Å². The summed E-state index contributed by atoms with van der Waals surface area (Å²) in [7, 11) is 0. The van der Waals surface area contributed by atoms with Gasteiger partial charge in [0, 0.05) is 22.0 Å². The van der Waals surface area contributed by atoms with E-state index in [1.165, 1.54) is 66.8 Å². The molecule has 13 rings (SSSR count). The third kappa shape index (κ3) is 4.97. The molecule has 300 valence electrons. The number of hydrogen-bond acceptors (Lipinski definition) is 2. The van der Waals surface area contributed by atoms with Crippen LogP contribution in [-0.2, 0) is 10.8 Å². The van der Waals surface area contributed by atoms with Gasteiger partial charge in [0.1, 0.15) is 5.58 Å². The largest absolute Gasteiger partial charge is 0.454 e. The minimum atomic E-state index is -0.625. The lowest BCUT2D eigenvalue weighted by molar-refractivity contribution is 0.669. The van der Waals surface area contributed by atoms with Crippen molar-refractivity contribution in [3.63, 3.8) is 0 Å². The normalized spacial score (nSPS) is 13.9. The second-order valence-corrected chi connectivity index (χ2v) is 17.1. The summed E-state index contributed by atoms with van der Waals surface area (Å²) < 4.78 is 6.93. The van der Waals surface area contributed by atoms with E-state index in [9.17, 15) is 0 Å². The van der Waals surface area contributed by atoms with Crippen molar-refractivity contribution in [1.29, 1.82) is 0 Å². The molecule has 1 aromatic heterocycles. The summed E-state index contributed by atoms with van der Waals surface area (Å²) in [5.41, 5.74) is 18.8. The van der Waals surface area contributed by atoms with E-state index in [0.29, 0.717) is 0 Å². The van der Waals surface area contributed by atoms with E-state index in [1.807, 2.05) is 0 Å². The quantitative estimate of drug-likeness (QED) is 0.159. The average Bonchev–Trinajstić information content (AvgIpc) is 4.01. The van der Waals surface area contributed by atoms with Crippen molar-refractivity contribution >= 4 is 39.0 Å². The number of rotatable bonds is 7. The first-order chi connectivity index (χ1) is 31.8. The van der Waals surface area contributed by atoms with E-state index in [2.05, 4.69) is 254 Å². The minimum absolute atomic E-state index is 0.512. The minimum Gasteiger partial charge on any atom is -0.454 e. The van der Waals surface area contributed by atoms with Crippen LogP contribution in [0.15, 0.2) is 253 Å². The Morgan fingerprint density at radius 3 is 1.33 bits per heavy atom. The zero-order valence-electron chi connectivity index (χ0n) is 35.0. The fourth-order valence-electron chi connectivity index (χ4n) is 11.6. The summed E-state index contributed by atoms with van der Waals surface area (Å²) in [6, 6.07) is 91.3. The number of nitrogens with zero attached hydrogens (tertiary/aromatic N) is 1. The lowest BCUT2D eigenvalue weighted by Gasteiger charge is -2.38. The van der Waals surface area contributed by atoms with Gasteiger partial charge in [-0.25, -0.2) is 0 Å². The van der Waals surface area contributed by atoms with Crippen LogP contribution in [0.5, 0.6) is 0 Å². The van der Waals surface area contributed by atoms with E-state index in [0.717, 1.165) is 39.0 Å². The SMILES string of the molecule is c1ccc(C2(c3ccc(N(c4cccc5c4C(c4ccccc4)(c4ccccc4)c4ccccc4-5)c4cccc5c4oc4ccccc45)cc3)c3ccccc3-c3ccccc32)cc1. The van der Waals surface area contributed by atoms with E-state index in [4.69, 9.17) is 4.42 Å². The molecule has 0 atom stereocenters. The molecule has 0 fully saturated rings. The topological polar surface area (TPSA) is 16.4 Å². The molecule has 10 aromatic carbocycles. The smallest absolute Gasteiger partial charge is 0.159 e. The van der Waals surface area contributed by atoms with Gasteiger partial charge in [-0.3, -0.25) is 0 Å². The number of anilines is 3. The molecule has 2 heteroatoms. The van der Waals surface area contributed by atoms with E-state index in [-0.39, 0.29) is 0 Å². The van der Waals surface area contributed by atoms with Crippen LogP contribution in [0.25, 0.3) is 44.2 Å². The fourth-order valence-corrected chi connectivity index (χ4v) is 11.6. The van der Waals surface area contributed by atoms with Gasteiger partial charge in [0.2, 0.25) is 0 Å². The third-order valence-corrected chi connectivity index (χ3v) is 14.0. The Morgan fingerprint density at radius 2 is 0.719 bits per heavy atom. The van der Waals surface area contributed by atoms with E-state index in [1.54, 1.807) is 0 Å². The maximum atomic E-state index is 6.93. The first-order valence-electron chi connectivity index (χ1n) is 22.2. The van der Waals surface area contributed by atoms with Gasteiger partial charge in [-0.2, -0.15) is 0 Å². The highest BCUT2D eigenvalue weighted by Crippen LogP contribution is 2.61. The van der Waals surface area contributed by atoms with E-state index >= 15 is 0 Å². The second-order valence-electron chi connectivity index (χ2n) is 17.1. The van der Waals surface area contributed by atoms with Gasteiger partial charge < -0.3 is 9.32 Å². The number of para-hydroxylation sites is 2. The Kier molecular flexibility index (Phi) is 8.07. The molecule has 0 saturated carbocycles. The molecule has 0 radical (unpaired) electrons. The molecule has 1 heterocycles. The maximum absolute atomic E-state index is 6.93. The summed E-state index contributed by atoms with van der Waals surface area (Å²) >= 11 is 0. The lowest BCUT2D eigenvalue weighted by atomic mass is 9.67. The van der Waals surface area contributed by atoms with Crippen LogP contribution >= 0.6 is 0 Å². The molecule has 2 aliphatic rings. The lowest BCUT2D eigenvalue weighted by Crippen LogP contribution is -2.30. The molecule has 0 spiro atoms. The molecule has 2 aliphatic carbocycles. The summed E-state index contributed by atoms with van der Waals surface area (Å²) in [5, 5.41) is 2.19. The van der Waals surface area contributed by atoms with Crippen molar-refractivity contribution in [1.82, 2.24) is 0 Å². The van der Waals surface area contributed by atoms with Crippen LogP contribution in [0.4, 0.5) is 17.1 Å². The van der Waals surface area contributed by atoms with Crippen LogP contribution in [0.2, 0.25) is 0 Å². The molecule has 0 unspecified atom stereocenters. The van der Waals surface area contributed by atoms with Crippen molar-refractivity contribution in [2.24, 2.45) is 0 Å². The highest BCUT2D eigenvalue weighted by atomic mass is 16.3. The number of benzene rings is 10. The van der Waals surface area contributed by atoms with Crippen LogP contribution in [0.3, 0.4) is 0 Å². The Hall–Kier alpha value is -8.20. The van der Waals surface area contributed by atoms with Crippen LogP contribution in [0, 0.1) is 0 Å². The van der Waals surface area contributed by atoms with Gasteiger partial charge in [-0.05, 0) is 91.5 Å². The van der Waals surface area contributed by atoms with Gasteiger partial charge in [-0.1, -0.05) is 218 Å². The van der Waals surface area contributed by atoms with Gasteiger partial charge >= 0.3 is 0 Å². The zero-order chi connectivity index (χ0) is 42.2. The average molecular weight is 816 g/mol. The summed E-state index contributed by atoms with van der Waals surface area (Å²) in [6.07, 6.45) is 0. The Morgan fingerprint density at radius 1 is 0.297 bits per heavy atom. The van der Waals surface area contributed by atoms with Crippen molar-refractivity contribution < 1.29 is 4.42 Å². The Bertz CT molecular complexity index is 3470. The molecular formula is C62H41NO. The number of hydrogen-bond donors (Lipinski definition) is 0. The zero-order valence-corrected chi connectivity index (χ0v) is 35.0. The van der Waals surface area contributed by atoms with Gasteiger partial charge in [-0.15, -0.1) is 0 Å². The molecule has 0 bridgehead atoms. The first-order valence-corrected chi connectivity index (χ1v) is 22.2.